The summed E-state index contributed by atoms with van der Waals surface area (Å²) in [5, 5.41) is 21.0. The number of aromatic nitrogens is 2. The van der Waals surface area contributed by atoms with E-state index in [0.717, 1.165) is 42.9 Å². The predicted molar refractivity (Wildman–Crippen MR) is 97.7 cm³/mol. The van der Waals surface area contributed by atoms with Crippen LogP contribution < -0.4 is 5.32 Å². The third-order valence-electron chi connectivity index (χ3n) is 5.28. The molecule has 1 fully saturated rings. The van der Waals surface area contributed by atoms with Crippen molar-refractivity contribution in [3.8, 4) is 0 Å². The molecule has 3 heterocycles. The molecule has 2 aliphatic rings. The molecule has 0 spiro atoms. The number of fused-ring (bicyclic) bond motifs is 1. The van der Waals surface area contributed by atoms with E-state index in [1.165, 1.54) is 0 Å². The highest BCUT2D eigenvalue weighted by atomic mass is 16.3. The number of β-amino-alcohol motifs (C(OH)–C–C–N with tert-alkyl or cyclic N) is 1. The van der Waals surface area contributed by atoms with Gasteiger partial charge in [-0.05, 0) is 5.56 Å². The number of hydrogen-bond acceptors (Lipinski definition) is 5. The fraction of sp³-hybridized carbons (Fsp3) is 0.474. The molecule has 0 saturated carbocycles. The minimum absolute atomic E-state index is 0.00876. The summed E-state index contributed by atoms with van der Waals surface area (Å²) in [6, 6.07) is 9.71. The van der Waals surface area contributed by atoms with Gasteiger partial charge < -0.3 is 15.3 Å². The number of hydrogen-bond donors (Lipinski definition) is 3. The molecule has 138 valence electrons. The van der Waals surface area contributed by atoms with Gasteiger partial charge in [-0.3, -0.25) is 14.8 Å². The Hall–Kier alpha value is -2.22. The second-order valence-corrected chi connectivity index (χ2v) is 6.98. The molecular formula is C19H25N5O2. The van der Waals surface area contributed by atoms with Crippen molar-refractivity contribution in [3.05, 3.63) is 52.8 Å². The molecule has 2 aliphatic heterocycles. The Kier molecular flexibility index (Phi) is 5.01. The maximum absolute atomic E-state index is 12.8. The number of aromatic amines is 1. The van der Waals surface area contributed by atoms with Crippen molar-refractivity contribution in [1.29, 1.82) is 0 Å². The molecule has 4 rings (SSSR count). The Balaban J connectivity index is 1.33. The third-order valence-corrected chi connectivity index (χ3v) is 5.28. The first-order valence-corrected chi connectivity index (χ1v) is 9.24. The molecule has 1 amide bonds. The molecule has 7 heteroatoms. The van der Waals surface area contributed by atoms with Crippen molar-refractivity contribution < 1.29 is 9.90 Å². The van der Waals surface area contributed by atoms with E-state index in [2.05, 4.69) is 20.4 Å². The molecular weight excluding hydrogens is 330 g/mol. The zero-order chi connectivity index (χ0) is 17.9. The van der Waals surface area contributed by atoms with Gasteiger partial charge in [0.25, 0.3) is 5.91 Å². The van der Waals surface area contributed by atoms with Gasteiger partial charge in [0, 0.05) is 63.5 Å². The van der Waals surface area contributed by atoms with E-state index in [1.54, 1.807) is 0 Å². The van der Waals surface area contributed by atoms with Crippen LogP contribution in [0.4, 0.5) is 0 Å². The molecule has 0 radical (unpaired) electrons. The zero-order valence-electron chi connectivity index (χ0n) is 14.8. The number of benzene rings is 1. The van der Waals surface area contributed by atoms with Gasteiger partial charge in [-0.25, -0.2) is 0 Å². The van der Waals surface area contributed by atoms with Crippen molar-refractivity contribution >= 4 is 5.91 Å². The number of nitrogens with one attached hydrogen (secondary N) is 2. The summed E-state index contributed by atoms with van der Waals surface area (Å²) in [6.45, 7) is 5.07. The minimum Gasteiger partial charge on any atom is -0.387 e. The van der Waals surface area contributed by atoms with Crippen LogP contribution in [0, 0.1) is 0 Å². The monoisotopic (exact) mass is 355 g/mol. The number of amides is 1. The van der Waals surface area contributed by atoms with Gasteiger partial charge in [0.1, 0.15) is 0 Å². The molecule has 2 aromatic rings. The van der Waals surface area contributed by atoms with Crippen molar-refractivity contribution in [2.24, 2.45) is 0 Å². The SMILES string of the molecule is O=C(c1n[nH]c2c1CNCC2)N1CCN(CC(O)c2ccccc2)CC1. The zero-order valence-corrected chi connectivity index (χ0v) is 14.8. The Morgan fingerprint density at radius 3 is 2.73 bits per heavy atom. The largest absolute Gasteiger partial charge is 0.387 e. The van der Waals surface area contributed by atoms with Crippen LogP contribution in [0.3, 0.4) is 0 Å². The van der Waals surface area contributed by atoms with Gasteiger partial charge in [-0.15, -0.1) is 0 Å². The standard InChI is InChI=1S/C19H25N5O2/c25-17(14-4-2-1-3-5-14)13-23-8-10-24(11-9-23)19(26)18-15-12-20-7-6-16(15)21-22-18/h1-5,17,20,25H,6-13H2,(H,21,22). The summed E-state index contributed by atoms with van der Waals surface area (Å²) >= 11 is 0. The van der Waals surface area contributed by atoms with Crippen molar-refractivity contribution in [2.75, 3.05) is 39.3 Å². The molecule has 3 N–H and O–H groups in total. The lowest BCUT2D eigenvalue weighted by Gasteiger charge is -2.35. The molecule has 7 nitrogen and oxygen atoms in total. The predicted octanol–water partition coefficient (Wildman–Crippen LogP) is 0.547. The average Bonchev–Trinajstić information content (AvgIpc) is 3.13. The molecule has 26 heavy (non-hydrogen) atoms. The second-order valence-electron chi connectivity index (χ2n) is 6.98. The smallest absolute Gasteiger partial charge is 0.274 e. The summed E-state index contributed by atoms with van der Waals surface area (Å²) in [5.74, 6) is 0.00876. The van der Waals surface area contributed by atoms with Gasteiger partial charge >= 0.3 is 0 Å². The van der Waals surface area contributed by atoms with E-state index in [0.29, 0.717) is 31.9 Å². The number of nitrogens with zero attached hydrogens (tertiary/aromatic N) is 3. The number of H-pyrrole nitrogens is 1. The van der Waals surface area contributed by atoms with Crippen molar-refractivity contribution in [3.63, 3.8) is 0 Å². The van der Waals surface area contributed by atoms with Crippen LogP contribution >= 0.6 is 0 Å². The maximum atomic E-state index is 12.8. The molecule has 0 aliphatic carbocycles. The lowest BCUT2D eigenvalue weighted by Crippen LogP contribution is -2.49. The first-order chi connectivity index (χ1) is 12.7. The number of piperazine rings is 1. The van der Waals surface area contributed by atoms with E-state index < -0.39 is 6.10 Å². The Morgan fingerprint density at radius 1 is 1.19 bits per heavy atom. The van der Waals surface area contributed by atoms with Crippen LogP contribution in [0.2, 0.25) is 0 Å². The average molecular weight is 355 g/mol. The Bertz CT molecular complexity index is 753. The van der Waals surface area contributed by atoms with E-state index in [4.69, 9.17) is 0 Å². The van der Waals surface area contributed by atoms with Gasteiger partial charge in [0.05, 0.1) is 6.10 Å². The quantitative estimate of drug-likeness (QED) is 0.746. The van der Waals surface area contributed by atoms with Gasteiger partial charge in [-0.2, -0.15) is 5.10 Å². The molecule has 1 unspecified atom stereocenters. The lowest BCUT2D eigenvalue weighted by molar-refractivity contribution is 0.0522. The van der Waals surface area contributed by atoms with Crippen LogP contribution in [0.25, 0.3) is 0 Å². The highest BCUT2D eigenvalue weighted by molar-refractivity contribution is 5.94. The van der Waals surface area contributed by atoms with Crippen LogP contribution in [0.1, 0.15) is 33.4 Å². The van der Waals surface area contributed by atoms with Crippen LogP contribution in [-0.2, 0) is 13.0 Å². The third kappa shape index (κ3) is 3.51. The van der Waals surface area contributed by atoms with Crippen LogP contribution in [0.5, 0.6) is 0 Å². The van der Waals surface area contributed by atoms with E-state index >= 15 is 0 Å². The number of carbonyl (C=O) groups is 1. The van der Waals surface area contributed by atoms with Gasteiger partial charge in [0.2, 0.25) is 0 Å². The Morgan fingerprint density at radius 2 is 1.96 bits per heavy atom. The number of aliphatic hydroxyl groups is 1. The number of rotatable bonds is 4. The molecule has 1 saturated heterocycles. The normalized spacial score (nSPS) is 19.2. The van der Waals surface area contributed by atoms with Gasteiger partial charge in [0.15, 0.2) is 5.69 Å². The fourth-order valence-electron chi connectivity index (χ4n) is 3.71. The highest BCUT2D eigenvalue weighted by Gasteiger charge is 2.28. The first-order valence-electron chi connectivity index (χ1n) is 9.24. The van der Waals surface area contributed by atoms with E-state index in [-0.39, 0.29) is 5.91 Å². The molecule has 1 aromatic carbocycles. The van der Waals surface area contributed by atoms with Crippen LogP contribution in [-0.4, -0.2) is 70.3 Å². The molecule has 1 aromatic heterocycles. The topological polar surface area (TPSA) is 84.5 Å². The lowest BCUT2D eigenvalue weighted by atomic mass is 10.1. The number of carbonyl (C=O) groups excluding carboxylic acids is 1. The van der Waals surface area contributed by atoms with Crippen LogP contribution in [0.15, 0.2) is 30.3 Å². The Labute approximate surface area is 153 Å². The molecule has 0 bridgehead atoms. The summed E-state index contributed by atoms with van der Waals surface area (Å²) in [5.41, 5.74) is 3.59. The summed E-state index contributed by atoms with van der Waals surface area (Å²) < 4.78 is 0. The fourth-order valence-corrected chi connectivity index (χ4v) is 3.71. The first kappa shape index (κ1) is 17.2. The minimum atomic E-state index is -0.497. The van der Waals surface area contributed by atoms with Crippen molar-refractivity contribution in [2.45, 2.75) is 19.1 Å². The van der Waals surface area contributed by atoms with E-state index in [1.807, 2.05) is 35.2 Å². The number of aliphatic hydroxyl groups excluding tert-OH is 1. The molecule has 1 atom stereocenters. The van der Waals surface area contributed by atoms with E-state index in [9.17, 15) is 9.90 Å². The summed E-state index contributed by atoms with van der Waals surface area (Å²) in [7, 11) is 0. The summed E-state index contributed by atoms with van der Waals surface area (Å²) in [4.78, 5) is 16.9. The highest BCUT2D eigenvalue weighted by Crippen LogP contribution is 2.19. The van der Waals surface area contributed by atoms with Gasteiger partial charge in [-0.1, -0.05) is 30.3 Å². The second kappa shape index (κ2) is 7.57. The summed E-state index contributed by atoms with van der Waals surface area (Å²) in [6.07, 6.45) is 0.392. The van der Waals surface area contributed by atoms with Crippen molar-refractivity contribution in [1.82, 2.24) is 25.3 Å². The maximum Gasteiger partial charge on any atom is 0.274 e.